The minimum atomic E-state index is 0.107. The Morgan fingerprint density at radius 3 is 2.93 bits per heavy atom. The molecule has 2 aromatic rings. The van der Waals surface area contributed by atoms with Crippen molar-refractivity contribution in [3.63, 3.8) is 0 Å². The van der Waals surface area contributed by atoms with Crippen molar-refractivity contribution in [3.8, 4) is 0 Å². The van der Waals surface area contributed by atoms with Crippen LogP contribution < -0.4 is 5.73 Å². The maximum Gasteiger partial charge on any atom is 0.134 e. The first-order valence-corrected chi connectivity index (χ1v) is 4.97. The lowest BCUT2D eigenvalue weighted by Crippen LogP contribution is -2.08. The molecule has 2 rings (SSSR count). The number of fused-ring (bicyclic) bond motifs is 1. The molecule has 0 aliphatic heterocycles. The molecule has 2 nitrogen and oxygen atoms in total. The Balaban J connectivity index is 2.64. The molecule has 0 radical (unpaired) electrons. The third-order valence-corrected chi connectivity index (χ3v) is 2.56. The van der Waals surface area contributed by atoms with Crippen LogP contribution in [0.4, 0.5) is 0 Å². The smallest absolute Gasteiger partial charge is 0.134 e. The molecule has 0 aliphatic rings. The second-order valence-corrected chi connectivity index (χ2v) is 3.63. The van der Waals surface area contributed by atoms with Crippen molar-refractivity contribution >= 4 is 11.0 Å². The first-order chi connectivity index (χ1) is 6.72. The van der Waals surface area contributed by atoms with Gasteiger partial charge in [0.1, 0.15) is 11.3 Å². The largest absolute Gasteiger partial charge is 0.461 e. The average molecular weight is 189 g/mol. The van der Waals surface area contributed by atoms with E-state index in [4.69, 9.17) is 10.2 Å². The molecule has 0 saturated heterocycles. The Hall–Kier alpha value is -1.28. The Morgan fingerprint density at radius 1 is 1.43 bits per heavy atom. The summed E-state index contributed by atoms with van der Waals surface area (Å²) < 4.78 is 5.55. The van der Waals surface area contributed by atoms with Gasteiger partial charge in [0.05, 0.1) is 0 Å². The van der Waals surface area contributed by atoms with E-state index in [9.17, 15) is 0 Å². The van der Waals surface area contributed by atoms with E-state index in [0.29, 0.717) is 0 Å². The Bertz CT molecular complexity index is 445. The predicted molar refractivity (Wildman–Crippen MR) is 58.2 cm³/mol. The van der Waals surface area contributed by atoms with Crippen LogP contribution in [0.25, 0.3) is 11.0 Å². The first-order valence-electron chi connectivity index (χ1n) is 4.97. The highest BCUT2D eigenvalue weighted by Crippen LogP contribution is 2.27. The molecule has 2 N–H and O–H groups in total. The van der Waals surface area contributed by atoms with Gasteiger partial charge < -0.3 is 10.2 Å². The third kappa shape index (κ3) is 1.42. The molecule has 0 aliphatic carbocycles. The molecule has 1 aromatic heterocycles. The summed E-state index contributed by atoms with van der Waals surface area (Å²) in [6, 6.07) is 8.21. The van der Waals surface area contributed by atoms with Gasteiger partial charge in [0.25, 0.3) is 0 Å². The van der Waals surface area contributed by atoms with Crippen molar-refractivity contribution < 1.29 is 4.42 Å². The van der Waals surface area contributed by atoms with Crippen LogP contribution in [0.5, 0.6) is 0 Å². The standard InChI is InChI=1S/C12H15NO/c1-3-11(13)9-5-4-6-12-10(9)7-8(2)14-12/h4-7,11H,3,13H2,1-2H3. The zero-order valence-corrected chi connectivity index (χ0v) is 8.58. The van der Waals surface area contributed by atoms with Gasteiger partial charge in [-0.15, -0.1) is 0 Å². The number of furan rings is 1. The van der Waals surface area contributed by atoms with Crippen LogP contribution in [0, 0.1) is 6.92 Å². The summed E-state index contributed by atoms with van der Waals surface area (Å²) in [7, 11) is 0. The maximum atomic E-state index is 6.03. The number of nitrogens with two attached hydrogens (primary N) is 1. The van der Waals surface area contributed by atoms with E-state index in [2.05, 4.69) is 19.1 Å². The van der Waals surface area contributed by atoms with Gasteiger partial charge in [-0.2, -0.15) is 0 Å². The van der Waals surface area contributed by atoms with E-state index in [0.717, 1.165) is 23.2 Å². The van der Waals surface area contributed by atoms with E-state index >= 15 is 0 Å². The molecule has 14 heavy (non-hydrogen) atoms. The summed E-state index contributed by atoms with van der Waals surface area (Å²) in [5, 5.41) is 1.15. The van der Waals surface area contributed by atoms with E-state index in [1.165, 1.54) is 5.56 Å². The van der Waals surface area contributed by atoms with Crippen molar-refractivity contribution in [1.82, 2.24) is 0 Å². The third-order valence-electron chi connectivity index (χ3n) is 2.56. The molecule has 1 atom stereocenters. The number of hydrogen-bond donors (Lipinski definition) is 1. The van der Waals surface area contributed by atoms with Crippen LogP contribution in [0.2, 0.25) is 0 Å². The molecule has 2 heteroatoms. The Labute approximate surface area is 83.7 Å². The molecular formula is C12H15NO. The Morgan fingerprint density at radius 2 is 2.21 bits per heavy atom. The first kappa shape index (κ1) is 9.28. The maximum absolute atomic E-state index is 6.03. The van der Waals surface area contributed by atoms with Crippen LogP contribution >= 0.6 is 0 Å². The number of aryl methyl sites for hydroxylation is 1. The SMILES string of the molecule is CCC(N)c1cccc2oc(C)cc12. The number of benzene rings is 1. The van der Waals surface area contributed by atoms with E-state index in [-0.39, 0.29) is 6.04 Å². The summed E-state index contributed by atoms with van der Waals surface area (Å²) in [5.41, 5.74) is 8.14. The van der Waals surface area contributed by atoms with Crippen LogP contribution in [0.3, 0.4) is 0 Å². The summed E-state index contributed by atoms with van der Waals surface area (Å²) in [5.74, 6) is 0.941. The van der Waals surface area contributed by atoms with Gasteiger partial charge in [0.2, 0.25) is 0 Å². The lowest BCUT2D eigenvalue weighted by atomic mass is 10.0. The minimum Gasteiger partial charge on any atom is -0.461 e. The van der Waals surface area contributed by atoms with Crippen molar-refractivity contribution in [1.29, 1.82) is 0 Å². The fourth-order valence-corrected chi connectivity index (χ4v) is 1.75. The van der Waals surface area contributed by atoms with Crippen molar-refractivity contribution in [2.24, 2.45) is 5.73 Å². The normalized spacial score (nSPS) is 13.4. The lowest BCUT2D eigenvalue weighted by molar-refractivity contribution is 0.578. The van der Waals surface area contributed by atoms with Crippen molar-refractivity contribution in [2.75, 3.05) is 0 Å². The monoisotopic (exact) mass is 189 g/mol. The molecule has 74 valence electrons. The molecule has 0 saturated carbocycles. The van der Waals surface area contributed by atoms with Gasteiger partial charge >= 0.3 is 0 Å². The fraction of sp³-hybridized carbons (Fsp3) is 0.333. The molecular weight excluding hydrogens is 174 g/mol. The highest BCUT2D eigenvalue weighted by atomic mass is 16.3. The van der Waals surface area contributed by atoms with Gasteiger partial charge in [-0.3, -0.25) is 0 Å². The van der Waals surface area contributed by atoms with Gasteiger partial charge in [-0.05, 0) is 31.0 Å². The predicted octanol–water partition coefficient (Wildman–Crippen LogP) is 3.15. The zero-order chi connectivity index (χ0) is 10.1. The van der Waals surface area contributed by atoms with Crippen LogP contribution in [-0.2, 0) is 0 Å². The number of hydrogen-bond acceptors (Lipinski definition) is 2. The molecule has 1 aromatic carbocycles. The molecule has 1 heterocycles. The molecule has 0 fully saturated rings. The molecule has 0 spiro atoms. The fourth-order valence-electron chi connectivity index (χ4n) is 1.75. The van der Waals surface area contributed by atoms with Crippen molar-refractivity contribution in [2.45, 2.75) is 26.3 Å². The molecule has 1 unspecified atom stereocenters. The zero-order valence-electron chi connectivity index (χ0n) is 8.58. The second kappa shape index (κ2) is 3.46. The molecule has 0 amide bonds. The second-order valence-electron chi connectivity index (χ2n) is 3.63. The van der Waals surface area contributed by atoms with Gasteiger partial charge in [-0.1, -0.05) is 19.1 Å². The van der Waals surface area contributed by atoms with E-state index in [1.54, 1.807) is 0 Å². The summed E-state index contributed by atoms with van der Waals surface area (Å²) in [6.45, 7) is 4.05. The Kier molecular flexibility index (Phi) is 2.30. The molecule has 0 bridgehead atoms. The highest BCUT2D eigenvalue weighted by molar-refractivity contribution is 5.82. The van der Waals surface area contributed by atoms with Crippen LogP contribution in [0.1, 0.15) is 30.7 Å². The van der Waals surface area contributed by atoms with Crippen LogP contribution in [0.15, 0.2) is 28.7 Å². The highest BCUT2D eigenvalue weighted by Gasteiger charge is 2.10. The summed E-state index contributed by atoms with van der Waals surface area (Å²) in [4.78, 5) is 0. The van der Waals surface area contributed by atoms with Crippen molar-refractivity contribution in [3.05, 3.63) is 35.6 Å². The average Bonchev–Trinajstić information content (AvgIpc) is 2.56. The van der Waals surface area contributed by atoms with Gasteiger partial charge in [0.15, 0.2) is 0 Å². The summed E-state index contributed by atoms with van der Waals surface area (Å²) in [6.07, 6.45) is 0.948. The van der Waals surface area contributed by atoms with Gasteiger partial charge in [0, 0.05) is 11.4 Å². The summed E-state index contributed by atoms with van der Waals surface area (Å²) >= 11 is 0. The quantitative estimate of drug-likeness (QED) is 0.788. The number of rotatable bonds is 2. The minimum absolute atomic E-state index is 0.107. The van der Waals surface area contributed by atoms with E-state index < -0.39 is 0 Å². The van der Waals surface area contributed by atoms with Crippen LogP contribution in [-0.4, -0.2) is 0 Å². The van der Waals surface area contributed by atoms with Gasteiger partial charge in [-0.25, -0.2) is 0 Å². The topological polar surface area (TPSA) is 39.2 Å². The van der Waals surface area contributed by atoms with E-state index in [1.807, 2.05) is 19.1 Å². The lowest BCUT2D eigenvalue weighted by Gasteiger charge is -2.09.